The molecule has 0 atom stereocenters. The summed E-state index contributed by atoms with van der Waals surface area (Å²) < 4.78 is 42.7. The standard InChI is InChI=1S/C12H10F3NO.C2H6.CH2O2/c1-7-3-8-5-9(12(13,14)15)6-16-11(8)10(4-7)17-2;1-2;2-1-3/h3-6H,1-2H3;1-2H3;1H,(H,2,3). The number of nitrogens with zero attached hydrogens (tertiary/aromatic N) is 1. The Labute approximate surface area is 126 Å². The molecule has 1 N–H and O–H groups in total. The highest BCUT2D eigenvalue weighted by atomic mass is 19.4. The van der Waals surface area contributed by atoms with Gasteiger partial charge in [-0.25, -0.2) is 0 Å². The summed E-state index contributed by atoms with van der Waals surface area (Å²) in [6, 6.07) is 4.47. The molecule has 0 spiro atoms. The van der Waals surface area contributed by atoms with E-state index in [9.17, 15) is 13.2 Å². The van der Waals surface area contributed by atoms with Crippen LogP contribution in [0, 0.1) is 6.92 Å². The lowest BCUT2D eigenvalue weighted by molar-refractivity contribution is -0.137. The van der Waals surface area contributed by atoms with Gasteiger partial charge in [0.1, 0.15) is 11.3 Å². The van der Waals surface area contributed by atoms with Gasteiger partial charge in [0.25, 0.3) is 6.47 Å². The Morgan fingerprint density at radius 2 is 1.77 bits per heavy atom. The van der Waals surface area contributed by atoms with E-state index in [1.807, 2.05) is 13.8 Å². The molecule has 1 heterocycles. The van der Waals surface area contributed by atoms with Gasteiger partial charge in [-0.15, -0.1) is 0 Å². The number of carbonyl (C=O) groups is 1. The number of rotatable bonds is 1. The zero-order chi connectivity index (χ0) is 17.3. The van der Waals surface area contributed by atoms with Crippen molar-refractivity contribution in [3.63, 3.8) is 0 Å². The van der Waals surface area contributed by atoms with E-state index in [0.717, 1.165) is 17.8 Å². The lowest BCUT2D eigenvalue weighted by atomic mass is 10.1. The first-order valence-electron chi connectivity index (χ1n) is 6.43. The van der Waals surface area contributed by atoms with Crippen molar-refractivity contribution in [2.45, 2.75) is 26.9 Å². The predicted octanol–water partition coefficient (Wildman–Crippen LogP) is 4.30. The molecule has 22 heavy (non-hydrogen) atoms. The highest BCUT2D eigenvalue weighted by Gasteiger charge is 2.31. The molecule has 0 aliphatic carbocycles. The summed E-state index contributed by atoms with van der Waals surface area (Å²) >= 11 is 0. The molecule has 1 aromatic carbocycles. The summed E-state index contributed by atoms with van der Waals surface area (Å²) in [7, 11) is 1.47. The van der Waals surface area contributed by atoms with E-state index >= 15 is 0 Å². The summed E-state index contributed by atoms with van der Waals surface area (Å²) in [4.78, 5) is 12.2. The van der Waals surface area contributed by atoms with Crippen LogP contribution < -0.4 is 4.74 Å². The molecular formula is C15H18F3NO3. The number of fused-ring (bicyclic) bond motifs is 1. The zero-order valence-corrected chi connectivity index (χ0v) is 12.7. The maximum atomic E-state index is 12.5. The van der Waals surface area contributed by atoms with Crippen LogP contribution in [-0.4, -0.2) is 23.7 Å². The van der Waals surface area contributed by atoms with Gasteiger partial charge in [0, 0.05) is 11.6 Å². The van der Waals surface area contributed by atoms with Crippen LogP contribution in [0.25, 0.3) is 10.9 Å². The Morgan fingerprint density at radius 3 is 2.23 bits per heavy atom. The van der Waals surface area contributed by atoms with Crippen molar-refractivity contribution >= 4 is 17.4 Å². The topological polar surface area (TPSA) is 59.4 Å². The van der Waals surface area contributed by atoms with E-state index in [-0.39, 0.29) is 6.47 Å². The molecule has 0 bridgehead atoms. The number of benzene rings is 1. The summed E-state index contributed by atoms with van der Waals surface area (Å²) in [5, 5.41) is 7.32. The van der Waals surface area contributed by atoms with E-state index in [2.05, 4.69) is 4.98 Å². The number of halogens is 3. The highest BCUT2D eigenvalue weighted by molar-refractivity contribution is 5.85. The van der Waals surface area contributed by atoms with Gasteiger partial charge in [-0.3, -0.25) is 9.78 Å². The van der Waals surface area contributed by atoms with Crippen LogP contribution in [0.5, 0.6) is 5.75 Å². The number of methoxy groups -OCH3 is 1. The van der Waals surface area contributed by atoms with Gasteiger partial charge < -0.3 is 9.84 Å². The van der Waals surface area contributed by atoms with E-state index in [0.29, 0.717) is 16.7 Å². The SMILES string of the molecule is CC.COc1cc(C)cc2cc(C(F)(F)F)cnc12.O=CO. The molecule has 2 rings (SSSR count). The summed E-state index contributed by atoms with van der Waals surface area (Å²) in [5.41, 5.74) is 0.513. The van der Waals surface area contributed by atoms with E-state index in [4.69, 9.17) is 14.6 Å². The van der Waals surface area contributed by atoms with Crippen LogP contribution in [0.4, 0.5) is 13.2 Å². The number of aromatic nitrogens is 1. The molecule has 122 valence electrons. The van der Waals surface area contributed by atoms with Gasteiger partial charge >= 0.3 is 6.18 Å². The minimum absolute atomic E-state index is 0.250. The molecule has 0 unspecified atom stereocenters. The first-order valence-corrected chi connectivity index (χ1v) is 6.43. The lowest BCUT2D eigenvalue weighted by Crippen LogP contribution is -2.05. The van der Waals surface area contributed by atoms with Crippen molar-refractivity contribution in [1.29, 1.82) is 0 Å². The third kappa shape index (κ3) is 5.23. The normalized spacial score (nSPS) is 9.95. The van der Waals surface area contributed by atoms with Crippen LogP contribution in [0.15, 0.2) is 24.4 Å². The smallest absolute Gasteiger partial charge is 0.417 e. The van der Waals surface area contributed by atoms with Gasteiger partial charge in [-0.1, -0.05) is 13.8 Å². The Balaban J connectivity index is 0.000000789. The Morgan fingerprint density at radius 1 is 1.23 bits per heavy atom. The number of ether oxygens (including phenoxy) is 1. The molecule has 0 aliphatic rings. The van der Waals surface area contributed by atoms with Crippen molar-refractivity contribution in [1.82, 2.24) is 4.98 Å². The fourth-order valence-corrected chi connectivity index (χ4v) is 1.67. The largest absolute Gasteiger partial charge is 0.494 e. The first kappa shape index (κ1) is 19.7. The number of alkyl halides is 3. The molecule has 0 fully saturated rings. The van der Waals surface area contributed by atoms with Crippen LogP contribution >= 0.6 is 0 Å². The van der Waals surface area contributed by atoms with E-state index in [1.165, 1.54) is 7.11 Å². The monoisotopic (exact) mass is 317 g/mol. The van der Waals surface area contributed by atoms with Crippen molar-refractivity contribution in [2.75, 3.05) is 7.11 Å². The molecular weight excluding hydrogens is 299 g/mol. The average molecular weight is 317 g/mol. The number of hydrogen-bond donors (Lipinski definition) is 1. The number of carboxylic acid groups (broad SMARTS) is 1. The fraction of sp³-hybridized carbons (Fsp3) is 0.333. The fourth-order valence-electron chi connectivity index (χ4n) is 1.67. The maximum absolute atomic E-state index is 12.5. The molecule has 0 saturated carbocycles. The molecule has 0 saturated heterocycles. The minimum Gasteiger partial charge on any atom is -0.494 e. The second-order valence-corrected chi connectivity index (χ2v) is 3.87. The molecule has 0 radical (unpaired) electrons. The molecule has 4 nitrogen and oxygen atoms in total. The third-order valence-corrected chi connectivity index (χ3v) is 2.44. The molecule has 0 amide bonds. The quantitative estimate of drug-likeness (QED) is 0.797. The van der Waals surface area contributed by atoms with Crippen LogP contribution in [0.1, 0.15) is 25.0 Å². The number of pyridine rings is 1. The average Bonchev–Trinajstić information content (AvgIpc) is 2.47. The second-order valence-electron chi connectivity index (χ2n) is 3.87. The van der Waals surface area contributed by atoms with Crippen molar-refractivity contribution in [3.8, 4) is 5.75 Å². The zero-order valence-electron chi connectivity index (χ0n) is 12.7. The number of hydrogen-bond acceptors (Lipinski definition) is 3. The Kier molecular flexibility index (Phi) is 7.93. The summed E-state index contributed by atoms with van der Waals surface area (Å²) in [6.45, 7) is 5.54. The Bertz CT molecular complexity index is 613. The van der Waals surface area contributed by atoms with Crippen molar-refractivity contribution < 1.29 is 27.8 Å². The maximum Gasteiger partial charge on any atom is 0.417 e. The summed E-state index contributed by atoms with van der Waals surface area (Å²) in [6.07, 6.45) is -3.56. The highest BCUT2D eigenvalue weighted by Crippen LogP contribution is 2.33. The van der Waals surface area contributed by atoms with E-state index in [1.54, 1.807) is 19.1 Å². The van der Waals surface area contributed by atoms with Gasteiger partial charge in [0.2, 0.25) is 0 Å². The van der Waals surface area contributed by atoms with Crippen molar-refractivity contribution in [3.05, 3.63) is 35.5 Å². The minimum atomic E-state index is -4.38. The second kappa shape index (κ2) is 8.86. The first-order chi connectivity index (χ1) is 10.3. The summed E-state index contributed by atoms with van der Waals surface area (Å²) in [5.74, 6) is 0.480. The molecule has 0 aliphatic heterocycles. The molecule has 1 aromatic heterocycles. The van der Waals surface area contributed by atoms with Crippen molar-refractivity contribution in [2.24, 2.45) is 0 Å². The molecule has 2 aromatic rings. The molecule has 7 heteroatoms. The third-order valence-electron chi connectivity index (χ3n) is 2.44. The van der Waals surface area contributed by atoms with Crippen LogP contribution in [0.3, 0.4) is 0 Å². The van der Waals surface area contributed by atoms with Crippen LogP contribution in [0.2, 0.25) is 0 Å². The Hall–Kier alpha value is -2.31. The van der Waals surface area contributed by atoms with Gasteiger partial charge in [-0.2, -0.15) is 13.2 Å². The number of aryl methyl sites for hydroxylation is 1. The van der Waals surface area contributed by atoms with E-state index < -0.39 is 11.7 Å². The van der Waals surface area contributed by atoms with Gasteiger partial charge in [0.15, 0.2) is 0 Å². The predicted molar refractivity (Wildman–Crippen MR) is 78.1 cm³/mol. The van der Waals surface area contributed by atoms with Gasteiger partial charge in [-0.05, 0) is 30.7 Å². The van der Waals surface area contributed by atoms with Gasteiger partial charge in [0.05, 0.1) is 12.7 Å². The van der Waals surface area contributed by atoms with Crippen LogP contribution in [-0.2, 0) is 11.0 Å². The lowest BCUT2D eigenvalue weighted by Gasteiger charge is -2.10.